The normalized spacial score (nSPS) is 34.9. The standard InChI is InChI=1S/C12H22N2OS/c1-16-10-5-2-4-9(8-10)14-12(15)11-6-3-7-13-11/h9-11,13H,2-8H2,1H3,(H,14,15)/t9?,10?,11-/m0/s1. The lowest BCUT2D eigenvalue weighted by molar-refractivity contribution is -0.123. The molecule has 0 aromatic carbocycles. The molecule has 92 valence electrons. The third-order valence-electron chi connectivity index (χ3n) is 3.68. The van der Waals surface area contributed by atoms with E-state index in [4.69, 9.17) is 0 Å². The molecule has 1 aliphatic carbocycles. The lowest BCUT2D eigenvalue weighted by atomic mass is 9.94. The van der Waals surface area contributed by atoms with Crippen molar-refractivity contribution in [2.45, 2.75) is 55.9 Å². The maximum atomic E-state index is 11.9. The van der Waals surface area contributed by atoms with E-state index in [-0.39, 0.29) is 11.9 Å². The molecule has 2 N–H and O–H groups in total. The molecule has 2 fully saturated rings. The van der Waals surface area contributed by atoms with Crippen molar-refractivity contribution in [3.63, 3.8) is 0 Å². The molecule has 1 aliphatic heterocycles. The topological polar surface area (TPSA) is 41.1 Å². The Morgan fingerprint density at radius 3 is 2.88 bits per heavy atom. The number of hydrogen-bond acceptors (Lipinski definition) is 3. The van der Waals surface area contributed by atoms with E-state index in [1.54, 1.807) is 0 Å². The quantitative estimate of drug-likeness (QED) is 0.788. The van der Waals surface area contributed by atoms with Crippen LogP contribution in [0, 0.1) is 0 Å². The molecule has 0 spiro atoms. The number of hydrogen-bond donors (Lipinski definition) is 2. The van der Waals surface area contributed by atoms with Gasteiger partial charge in [0, 0.05) is 11.3 Å². The number of carbonyl (C=O) groups excluding carboxylic acids is 1. The van der Waals surface area contributed by atoms with E-state index in [2.05, 4.69) is 16.9 Å². The van der Waals surface area contributed by atoms with Crippen molar-refractivity contribution >= 4 is 17.7 Å². The summed E-state index contributed by atoms with van der Waals surface area (Å²) in [7, 11) is 0. The summed E-state index contributed by atoms with van der Waals surface area (Å²) < 4.78 is 0. The van der Waals surface area contributed by atoms with Gasteiger partial charge in [-0.05, 0) is 44.9 Å². The summed E-state index contributed by atoms with van der Waals surface area (Å²) in [6.07, 6.45) is 9.20. The van der Waals surface area contributed by atoms with Crippen molar-refractivity contribution in [1.82, 2.24) is 10.6 Å². The van der Waals surface area contributed by atoms with Gasteiger partial charge < -0.3 is 10.6 Å². The molecular formula is C12H22N2OS. The van der Waals surface area contributed by atoms with Crippen LogP contribution in [0.15, 0.2) is 0 Å². The van der Waals surface area contributed by atoms with Crippen LogP contribution in [0.25, 0.3) is 0 Å². The van der Waals surface area contributed by atoms with E-state index in [1.807, 2.05) is 11.8 Å². The van der Waals surface area contributed by atoms with Gasteiger partial charge in [0.05, 0.1) is 6.04 Å². The number of carbonyl (C=O) groups is 1. The van der Waals surface area contributed by atoms with Crippen LogP contribution < -0.4 is 10.6 Å². The average molecular weight is 242 g/mol. The molecule has 1 amide bonds. The maximum Gasteiger partial charge on any atom is 0.237 e. The van der Waals surface area contributed by atoms with Crippen LogP contribution >= 0.6 is 11.8 Å². The first-order chi connectivity index (χ1) is 7.79. The van der Waals surface area contributed by atoms with Gasteiger partial charge in [-0.3, -0.25) is 4.79 Å². The van der Waals surface area contributed by atoms with Gasteiger partial charge in [-0.15, -0.1) is 0 Å². The van der Waals surface area contributed by atoms with Crippen LogP contribution in [-0.2, 0) is 4.79 Å². The number of rotatable bonds is 3. The third kappa shape index (κ3) is 3.14. The van der Waals surface area contributed by atoms with E-state index in [1.165, 1.54) is 12.8 Å². The number of nitrogens with one attached hydrogen (secondary N) is 2. The summed E-state index contributed by atoms with van der Waals surface area (Å²) in [4.78, 5) is 11.9. The van der Waals surface area contributed by atoms with Crippen molar-refractivity contribution in [1.29, 1.82) is 0 Å². The highest BCUT2D eigenvalue weighted by Crippen LogP contribution is 2.27. The van der Waals surface area contributed by atoms with Gasteiger partial charge in [0.2, 0.25) is 5.91 Å². The molecule has 0 aromatic rings. The third-order valence-corrected chi connectivity index (χ3v) is 4.78. The Morgan fingerprint density at radius 2 is 2.19 bits per heavy atom. The molecule has 0 bridgehead atoms. The highest BCUT2D eigenvalue weighted by atomic mass is 32.2. The minimum atomic E-state index is 0.0784. The van der Waals surface area contributed by atoms with Crippen LogP contribution in [0.1, 0.15) is 38.5 Å². The van der Waals surface area contributed by atoms with Gasteiger partial charge in [-0.25, -0.2) is 0 Å². The zero-order valence-corrected chi connectivity index (χ0v) is 10.8. The first kappa shape index (κ1) is 12.2. The smallest absolute Gasteiger partial charge is 0.237 e. The van der Waals surface area contributed by atoms with E-state index < -0.39 is 0 Å². The molecule has 1 saturated heterocycles. The fourth-order valence-corrected chi connectivity index (χ4v) is 3.53. The van der Waals surface area contributed by atoms with Gasteiger partial charge in [0.25, 0.3) is 0 Å². The van der Waals surface area contributed by atoms with Crippen LogP contribution in [0.5, 0.6) is 0 Å². The molecular weight excluding hydrogens is 220 g/mol. The predicted octanol–water partition coefficient (Wildman–Crippen LogP) is 1.53. The minimum Gasteiger partial charge on any atom is -0.352 e. The Kier molecular flexibility index (Phi) is 4.53. The molecule has 2 unspecified atom stereocenters. The highest BCUT2D eigenvalue weighted by Gasteiger charge is 2.27. The fraction of sp³-hybridized carbons (Fsp3) is 0.917. The molecule has 2 rings (SSSR count). The summed E-state index contributed by atoms with van der Waals surface area (Å²) in [6.45, 7) is 0.996. The summed E-state index contributed by atoms with van der Waals surface area (Å²) >= 11 is 1.94. The monoisotopic (exact) mass is 242 g/mol. The molecule has 1 saturated carbocycles. The molecule has 1 heterocycles. The maximum absolute atomic E-state index is 11.9. The first-order valence-corrected chi connectivity index (χ1v) is 7.65. The minimum absolute atomic E-state index is 0.0784. The Labute approximate surface area is 102 Å². The molecule has 3 nitrogen and oxygen atoms in total. The molecule has 0 aromatic heterocycles. The lowest BCUT2D eigenvalue weighted by Crippen LogP contribution is -2.46. The summed E-state index contributed by atoms with van der Waals surface area (Å²) in [5.74, 6) is 0.226. The fourth-order valence-electron chi connectivity index (χ4n) is 2.70. The van der Waals surface area contributed by atoms with Crippen molar-refractivity contribution in [3.05, 3.63) is 0 Å². The van der Waals surface area contributed by atoms with E-state index in [0.29, 0.717) is 6.04 Å². The van der Waals surface area contributed by atoms with Crippen molar-refractivity contribution in [2.75, 3.05) is 12.8 Å². The molecule has 2 aliphatic rings. The van der Waals surface area contributed by atoms with Crippen molar-refractivity contribution in [3.8, 4) is 0 Å². The summed E-state index contributed by atoms with van der Waals surface area (Å²) in [5.41, 5.74) is 0. The lowest BCUT2D eigenvalue weighted by Gasteiger charge is -2.29. The average Bonchev–Trinajstić information content (AvgIpc) is 2.83. The Hall–Kier alpha value is -0.220. The highest BCUT2D eigenvalue weighted by molar-refractivity contribution is 7.99. The van der Waals surface area contributed by atoms with Crippen LogP contribution in [-0.4, -0.2) is 36.0 Å². The Balaban J connectivity index is 1.77. The van der Waals surface area contributed by atoms with E-state index >= 15 is 0 Å². The number of thioether (sulfide) groups is 1. The Morgan fingerprint density at radius 1 is 1.31 bits per heavy atom. The van der Waals surface area contributed by atoms with E-state index in [0.717, 1.165) is 37.5 Å². The second-order valence-corrected chi connectivity index (χ2v) is 6.02. The molecule has 0 radical (unpaired) electrons. The molecule has 4 heteroatoms. The van der Waals surface area contributed by atoms with Gasteiger partial charge in [-0.1, -0.05) is 6.42 Å². The van der Waals surface area contributed by atoms with Gasteiger partial charge >= 0.3 is 0 Å². The SMILES string of the molecule is CSC1CCCC(NC(=O)[C@@H]2CCCN2)C1. The zero-order valence-electron chi connectivity index (χ0n) is 10.00. The number of amides is 1. The zero-order chi connectivity index (χ0) is 11.4. The molecule has 3 atom stereocenters. The van der Waals surface area contributed by atoms with Gasteiger partial charge in [-0.2, -0.15) is 11.8 Å². The Bertz CT molecular complexity index is 241. The van der Waals surface area contributed by atoms with Crippen LogP contribution in [0.4, 0.5) is 0 Å². The predicted molar refractivity (Wildman–Crippen MR) is 68.7 cm³/mol. The first-order valence-electron chi connectivity index (χ1n) is 6.36. The van der Waals surface area contributed by atoms with Crippen molar-refractivity contribution in [2.24, 2.45) is 0 Å². The second kappa shape index (κ2) is 5.92. The summed E-state index contributed by atoms with van der Waals surface area (Å²) in [5, 5.41) is 7.21. The van der Waals surface area contributed by atoms with Crippen LogP contribution in [0.2, 0.25) is 0 Å². The second-order valence-electron chi connectivity index (χ2n) is 4.88. The molecule has 16 heavy (non-hydrogen) atoms. The van der Waals surface area contributed by atoms with Gasteiger partial charge in [0.15, 0.2) is 0 Å². The summed E-state index contributed by atoms with van der Waals surface area (Å²) in [6, 6.07) is 0.496. The van der Waals surface area contributed by atoms with Crippen molar-refractivity contribution < 1.29 is 4.79 Å². The van der Waals surface area contributed by atoms with Crippen LogP contribution in [0.3, 0.4) is 0 Å². The van der Waals surface area contributed by atoms with E-state index in [9.17, 15) is 4.79 Å². The van der Waals surface area contributed by atoms with Gasteiger partial charge in [0.1, 0.15) is 0 Å². The largest absolute Gasteiger partial charge is 0.352 e.